The van der Waals surface area contributed by atoms with Gasteiger partial charge in [-0.25, -0.2) is 4.79 Å². The zero-order valence-corrected chi connectivity index (χ0v) is 10.9. The number of hydrogen-bond donors (Lipinski definition) is 1. The van der Waals surface area contributed by atoms with Crippen LogP contribution in [0.15, 0.2) is 0 Å². The molecule has 0 spiro atoms. The molecular formula is C9H10Cl3NO4. The van der Waals surface area contributed by atoms with Gasteiger partial charge in [-0.2, -0.15) is 0 Å². The standard InChI is InChI=1S/C9H10Cl3NO4/c10-9(11,12)6-17-8(16)13-7(5-15)3-1-2-4-14/h7H,1-3,6H2,(H,13,16). The maximum atomic E-state index is 11.1. The fourth-order valence-corrected chi connectivity index (χ4v) is 1.03. The molecule has 0 saturated carbocycles. The van der Waals surface area contributed by atoms with Crippen LogP contribution in [0.4, 0.5) is 4.79 Å². The molecule has 0 aliphatic carbocycles. The normalized spacial score (nSPS) is 12.6. The predicted octanol–water partition coefficient (Wildman–Crippen LogP) is 1.84. The topological polar surface area (TPSA) is 72.5 Å². The summed E-state index contributed by atoms with van der Waals surface area (Å²) < 4.78 is 2.84. The van der Waals surface area contributed by atoms with Crippen LogP contribution in [0.3, 0.4) is 0 Å². The number of carbonyl (C=O) groups excluding carboxylic acids is 3. The SMILES string of the molecule is O=[C]CCCC([C]=O)NC(=O)OCC(Cl)(Cl)Cl. The second-order valence-corrected chi connectivity index (χ2v) is 5.56. The lowest BCUT2D eigenvalue weighted by molar-refractivity contribution is 0.146. The molecular weight excluding hydrogens is 292 g/mol. The Morgan fingerprint density at radius 2 is 2.00 bits per heavy atom. The van der Waals surface area contributed by atoms with Crippen LogP contribution in [-0.4, -0.2) is 35.1 Å². The molecule has 1 amide bonds. The molecule has 96 valence electrons. The molecule has 0 bridgehead atoms. The van der Waals surface area contributed by atoms with Gasteiger partial charge in [-0.3, -0.25) is 9.59 Å². The molecule has 0 aliphatic heterocycles. The number of nitrogens with one attached hydrogen (secondary N) is 1. The van der Waals surface area contributed by atoms with Crippen molar-refractivity contribution in [2.45, 2.75) is 29.1 Å². The molecule has 0 fully saturated rings. The molecule has 8 heteroatoms. The summed E-state index contributed by atoms with van der Waals surface area (Å²) in [7, 11) is 0. The Labute approximate surface area is 114 Å². The lowest BCUT2D eigenvalue weighted by Gasteiger charge is -2.14. The van der Waals surface area contributed by atoms with Gasteiger partial charge in [0.1, 0.15) is 6.61 Å². The summed E-state index contributed by atoms with van der Waals surface area (Å²) in [6.07, 6.45) is 3.24. The van der Waals surface area contributed by atoms with Gasteiger partial charge < -0.3 is 10.1 Å². The molecule has 2 radical (unpaired) electrons. The van der Waals surface area contributed by atoms with Gasteiger partial charge in [-0.1, -0.05) is 34.8 Å². The summed E-state index contributed by atoms with van der Waals surface area (Å²) in [5.74, 6) is 0. The van der Waals surface area contributed by atoms with Crippen molar-refractivity contribution in [3.8, 4) is 0 Å². The van der Waals surface area contributed by atoms with Gasteiger partial charge in [0.15, 0.2) is 6.29 Å². The van der Waals surface area contributed by atoms with Gasteiger partial charge in [-0.15, -0.1) is 0 Å². The molecule has 0 heterocycles. The molecule has 17 heavy (non-hydrogen) atoms. The summed E-state index contributed by atoms with van der Waals surface area (Å²) in [5.41, 5.74) is 0. The van der Waals surface area contributed by atoms with Gasteiger partial charge >= 0.3 is 6.09 Å². The van der Waals surface area contributed by atoms with E-state index < -0.39 is 22.5 Å². The number of alkyl carbamates (subject to hydrolysis) is 1. The highest BCUT2D eigenvalue weighted by Crippen LogP contribution is 2.25. The molecule has 0 aromatic heterocycles. The van der Waals surface area contributed by atoms with E-state index in [9.17, 15) is 14.4 Å². The van der Waals surface area contributed by atoms with Crippen LogP contribution < -0.4 is 5.32 Å². The summed E-state index contributed by atoms with van der Waals surface area (Å²) in [6.45, 7) is -0.433. The largest absolute Gasteiger partial charge is 0.445 e. The van der Waals surface area contributed by atoms with Crippen LogP contribution in [0.25, 0.3) is 0 Å². The van der Waals surface area contributed by atoms with E-state index in [1.807, 2.05) is 0 Å². The number of carbonyl (C=O) groups is 1. The van der Waals surface area contributed by atoms with Crippen LogP contribution in [0.5, 0.6) is 0 Å². The van der Waals surface area contributed by atoms with Gasteiger partial charge in [0.2, 0.25) is 10.1 Å². The molecule has 5 nitrogen and oxygen atoms in total. The molecule has 0 aromatic carbocycles. The van der Waals surface area contributed by atoms with E-state index >= 15 is 0 Å². The van der Waals surface area contributed by atoms with Crippen molar-refractivity contribution < 1.29 is 19.1 Å². The van der Waals surface area contributed by atoms with Gasteiger partial charge in [0, 0.05) is 6.42 Å². The summed E-state index contributed by atoms with van der Waals surface area (Å²) in [5, 5.41) is 2.21. The van der Waals surface area contributed by atoms with Gasteiger partial charge in [0.25, 0.3) is 0 Å². The highest BCUT2D eigenvalue weighted by Gasteiger charge is 2.23. The first kappa shape index (κ1) is 16.5. The number of rotatable bonds is 7. The molecule has 1 atom stereocenters. The Balaban J connectivity index is 3.89. The van der Waals surface area contributed by atoms with E-state index in [0.717, 1.165) is 0 Å². The van der Waals surface area contributed by atoms with Crippen molar-refractivity contribution in [2.75, 3.05) is 6.61 Å². The van der Waals surface area contributed by atoms with E-state index in [2.05, 4.69) is 10.1 Å². The number of alkyl halides is 3. The van der Waals surface area contributed by atoms with E-state index in [1.165, 1.54) is 0 Å². The second-order valence-electron chi connectivity index (χ2n) is 3.04. The zero-order valence-electron chi connectivity index (χ0n) is 8.67. The van der Waals surface area contributed by atoms with E-state index in [4.69, 9.17) is 34.8 Å². The lowest BCUT2D eigenvalue weighted by Crippen LogP contribution is -2.37. The highest BCUT2D eigenvalue weighted by molar-refractivity contribution is 6.67. The summed E-state index contributed by atoms with van der Waals surface area (Å²) >= 11 is 16.1. The lowest BCUT2D eigenvalue weighted by atomic mass is 10.1. The fraction of sp³-hybridized carbons (Fsp3) is 0.667. The minimum atomic E-state index is -1.70. The van der Waals surface area contributed by atoms with Crippen molar-refractivity contribution >= 4 is 53.5 Å². The Kier molecular flexibility index (Phi) is 8.29. The monoisotopic (exact) mass is 301 g/mol. The fourth-order valence-electron chi connectivity index (χ4n) is 0.870. The van der Waals surface area contributed by atoms with Crippen molar-refractivity contribution in [1.29, 1.82) is 0 Å². The zero-order chi connectivity index (χ0) is 13.3. The third kappa shape index (κ3) is 10.4. The summed E-state index contributed by atoms with van der Waals surface area (Å²) in [6, 6.07) is -0.855. The average molecular weight is 303 g/mol. The van der Waals surface area contributed by atoms with Crippen LogP contribution in [0.1, 0.15) is 19.3 Å². The van der Waals surface area contributed by atoms with Crippen LogP contribution in [0.2, 0.25) is 0 Å². The number of amides is 1. The number of halogens is 3. The first-order valence-electron chi connectivity index (χ1n) is 4.61. The Bertz CT molecular complexity index is 267. The maximum absolute atomic E-state index is 11.1. The van der Waals surface area contributed by atoms with E-state index in [1.54, 1.807) is 12.6 Å². The highest BCUT2D eigenvalue weighted by atomic mass is 35.6. The molecule has 1 unspecified atom stereocenters. The maximum Gasteiger partial charge on any atom is 0.407 e. The average Bonchev–Trinajstić information content (AvgIpc) is 2.24. The summed E-state index contributed by atoms with van der Waals surface area (Å²) in [4.78, 5) is 31.5. The quantitative estimate of drug-likeness (QED) is 0.575. The number of hydrogen-bond acceptors (Lipinski definition) is 4. The minimum Gasteiger partial charge on any atom is -0.445 e. The van der Waals surface area contributed by atoms with Crippen molar-refractivity contribution in [3.63, 3.8) is 0 Å². The Hall–Kier alpha value is -0.520. The third-order valence-corrected chi connectivity index (χ3v) is 1.90. The number of unbranched alkanes of at least 4 members (excludes halogenated alkanes) is 1. The number of ether oxygens (including phenoxy) is 1. The molecule has 0 saturated heterocycles. The van der Waals surface area contributed by atoms with E-state index in [0.29, 0.717) is 6.42 Å². The third-order valence-electron chi connectivity index (χ3n) is 1.57. The Morgan fingerprint density at radius 3 is 2.47 bits per heavy atom. The second kappa shape index (κ2) is 8.55. The van der Waals surface area contributed by atoms with E-state index in [-0.39, 0.29) is 12.8 Å². The Morgan fingerprint density at radius 1 is 1.35 bits per heavy atom. The van der Waals surface area contributed by atoms with Crippen molar-refractivity contribution in [3.05, 3.63) is 0 Å². The minimum absolute atomic E-state index is 0.184. The molecule has 0 aliphatic rings. The van der Waals surface area contributed by atoms with Crippen LogP contribution in [0, 0.1) is 0 Å². The van der Waals surface area contributed by atoms with Crippen molar-refractivity contribution in [1.82, 2.24) is 5.32 Å². The van der Waals surface area contributed by atoms with Crippen molar-refractivity contribution in [2.24, 2.45) is 0 Å². The molecule has 0 rings (SSSR count). The van der Waals surface area contributed by atoms with Crippen LogP contribution in [-0.2, 0) is 14.3 Å². The molecule has 1 N–H and O–H groups in total. The van der Waals surface area contributed by atoms with Crippen LogP contribution >= 0.6 is 34.8 Å². The van der Waals surface area contributed by atoms with Gasteiger partial charge in [-0.05, 0) is 12.8 Å². The first-order valence-corrected chi connectivity index (χ1v) is 5.75. The first-order chi connectivity index (χ1) is 7.89. The molecule has 0 aromatic rings. The predicted molar refractivity (Wildman–Crippen MR) is 63.8 cm³/mol. The van der Waals surface area contributed by atoms with Gasteiger partial charge in [0.05, 0.1) is 6.04 Å². The smallest absolute Gasteiger partial charge is 0.407 e.